The van der Waals surface area contributed by atoms with Crippen molar-refractivity contribution < 1.29 is 4.39 Å². The lowest BCUT2D eigenvalue weighted by molar-refractivity contribution is 0.613. The molecule has 0 radical (unpaired) electrons. The number of hydrogen-bond acceptors (Lipinski definition) is 4. The van der Waals surface area contributed by atoms with E-state index >= 15 is 0 Å². The summed E-state index contributed by atoms with van der Waals surface area (Å²) in [5.74, 6) is 0.0535. The van der Waals surface area contributed by atoms with Crippen molar-refractivity contribution in [2.75, 3.05) is 18.4 Å². The van der Waals surface area contributed by atoms with Crippen molar-refractivity contribution in [3.8, 4) is 0 Å². The Kier molecular flexibility index (Phi) is 4.85. The Hall–Kier alpha value is -1.23. The molecule has 14 heavy (non-hydrogen) atoms. The van der Waals surface area contributed by atoms with E-state index in [1.807, 2.05) is 0 Å². The van der Waals surface area contributed by atoms with Gasteiger partial charge in [0.2, 0.25) is 5.95 Å². The summed E-state index contributed by atoms with van der Waals surface area (Å²) in [7, 11) is 0. The normalized spacial score (nSPS) is 10.1. The zero-order valence-corrected chi connectivity index (χ0v) is 8.04. The predicted molar refractivity (Wildman–Crippen MR) is 53.4 cm³/mol. The van der Waals surface area contributed by atoms with Crippen LogP contribution in [0, 0.1) is 5.82 Å². The van der Waals surface area contributed by atoms with Gasteiger partial charge in [0.1, 0.15) is 0 Å². The van der Waals surface area contributed by atoms with Gasteiger partial charge in [-0.2, -0.15) is 0 Å². The molecule has 0 fully saturated rings. The van der Waals surface area contributed by atoms with Crippen LogP contribution in [0.1, 0.15) is 19.3 Å². The number of nitrogens with one attached hydrogen (secondary N) is 1. The van der Waals surface area contributed by atoms with Crippen LogP contribution < -0.4 is 11.1 Å². The third-order valence-corrected chi connectivity index (χ3v) is 1.78. The van der Waals surface area contributed by atoms with Gasteiger partial charge in [-0.25, -0.2) is 14.4 Å². The summed E-state index contributed by atoms with van der Waals surface area (Å²) in [5, 5.41) is 3.00. The monoisotopic (exact) mass is 198 g/mol. The molecule has 1 aromatic heterocycles. The average molecular weight is 198 g/mol. The fraction of sp³-hybridized carbons (Fsp3) is 0.556. The molecule has 1 aromatic rings. The number of nitrogens with zero attached hydrogens (tertiary/aromatic N) is 2. The third kappa shape index (κ3) is 4.13. The van der Waals surface area contributed by atoms with E-state index in [-0.39, 0.29) is 0 Å². The van der Waals surface area contributed by atoms with Crippen molar-refractivity contribution in [2.45, 2.75) is 19.3 Å². The largest absolute Gasteiger partial charge is 0.354 e. The molecule has 0 aliphatic heterocycles. The van der Waals surface area contributed by atoms with Crippen LogP contribution in [-0.4, -0.2) is 23.1 Å². The van der Waals surface area contributed by atoms with Gasteiger partial charge in [0.05, 0.1) is 12.4 Å². The lowest BCUT2D eigenvalue weighted by atomic mass is 10.2. The topological polar surface area (TPSA) is 63.8 Å². The minimum atomic E-state index is -0.418. The minimum absolute atomic E-state index is 0.418. The number of unbranched alkanes of at least 4 members (excludes halogenated alkanes) is 2. The Labute approximate surface area is 82.8 Å². The van der Waals surface area contributed by atoms with E-state index in [2.05, 4.69) is 15.3 Å². The lowest BCUT2D eigenvalue weighted by Gasteiger charge is -2.03. The minimum Gasteiger partial charge on any atom is -0.354 e. The van der Waals surface area contributed by atoms with Gasteiger partial charge in [-0.15, -0.1) is 0 Å². The van der Waals surface area contributed by atoms with Crippen molar-refractivity contribution in [2.24, 2.45) is 5.73 Å². The van der Waals surface area contributed by atoms with Crippen molar-refractivity contribution in [1.82, 2.24) is 9.97 Å². The average Bonchev–Trinajstić information content (AvgIpc) is 2.21. The van der Waals surface area contributed by atoms with Crippen molar-refractivity contribution >= 4 is 5.95 Å². The Bertz CT molecular complexity index is 249. The molecule has 0 aliphatic carbocycles. The standard InChI is InChI=1S/C9H15FN4/c10-8-6-13-9(14-7-8)12-5-3-1-2-4-11/h6-7H,1-5,11H2,(H,12,13,14). The Balaban J connectivity index is 2.15. The second kappa shape index (κ2) is 6.26. The van der Waals surface area contributed by atoms with Crippen molar-refractivity contribution in [3.63, 3.8) is 0 Å². The van der Waals surface area contributed by atoms with Crippen LogP contribution in [-0.2, 0) is 0 Å². The van der Waals surface area contributed by atoms with Gasteiger partial charge in [0.25, 0.3) is 0 Å². The molecule has 5 heteroatoms. The highest BCUT2D eigenvalue weighted by Crippen LogP contribution is 1.99. The Morgan fingerprint density at radius 2 is 1.93 bits per heavy atom. The first-order valence-electron chi connectivity index (χ1n) is 4.74. The van der Waals surface area contributed by atoms with Crippen LogP contribution in [0.5, 0.6) is 0 Å². The molecule has 0 atom stereocenters. The van der Waals surface area contributed by atoms with E-state index in [4.69, 9.17) is 5.73 Å². The number of hydrogen-bond donors (Lipinski definition) is 2. The molecule has 1 rings (SSSR count). The second-order valence-corrected chi connectivity index (χ2v) is 3.00. The molecular weight excluding hydrogens is 183 g/mol. The number of rotatable bonds is 6. The molecule has 0 saturated carbocycles. The molecule has 78 valence electrons. The highest BCUT2D eigenvalue weighted by atomic mass is 19.1. The first kappa shape index (κ1) is 10.8. The van der Waals surface area contributed by atoms with E-state index in [0.29, 0.717) is 5.95 Å². The second-order valence-electron chi connectivity index (χ2n) is 3.00. The number of nitrogens with two attached hydrogens (primary N) is 1. The molecular formula is C9H15FN4. The predicted octanol–water partition coefficient (Wildman–Crippen LogP) is 1.16. The zero-order chi connectivity index (χ0) is 10.2. The van der Waals surface area contributed by atoms with Crippen LogP contribution in [0.25, 0.3) is 0 Å². The highest BCUT2D eigenvalue weighted by molar-refractivity contribution is 5.21. The first-order valence-corrected chi connectivity index (χ1v) is 4.74. The molecule has 1 heterocycles. The molecule has 0 bridgehead atoms. The van der Waals surface area contributed by atoms with Crippen LogP contribution in [0.15, 0.2) is 12.4 Å². The van der Waals surface area contributed by atoms with Gasteiger partial charge >= 0.3 is 0 Å². The van der Waals surface area contributed by atoms with Gasteiger partial charge in [-0.3, -0.25) is 0 Å². The highest BCUT2D eigenvalue weighted by Gasteiger charge is 1.95. The Morgan fingerprint density at radius 3 is 2.57 bits per heavy atom. The van der Waals surface area contributed by atoms with Crippen molar-refractivity contribution in [3.05, 3.63) is 18.2 Å². The molecule has 0 spiro atoms. The summed E-state index contributed by atoms with van der Waals surface area (Å²) in [5.41, 5.74) is 5.35. The van der Waals surface area contributed by atoms with Gasteiger partial charge in [0, 0.05) is 6.54 Å². The van der Waals surface area contributed by atoms with Gasteiger partial charge in [0.15, 0.2) is 5.82 Å². The van der Waals surface area contributed by atoms with E-state index in [0.717, 1.165) is 44.7 Å². The van der Waals surface area contributed by atoms with Crippen LogP contribution >= 0.6 is 0 Å². The van der Waals surface area contributed by atoms with E-state index in [1.165, 1.54) is 0 Å². The quantitative estimate of drug-likeness (QED) is 0.673. The Morgan fingerprint density at radius 1 is 1.21 bits per heavy atom. The van der Waals surface area contributed by atoms with E-state index in [9.17, 15) is 4.39 Å². The zero-order valence-electron chi connectivity index (χ0n) is 8.04. The van der Waals surface area contributed by atoms with Crippen LogP contribution in [0.4, 0.5) is 10.3 Å². The van der Waals surface area contributed by atoms with Gasteiger partial charge < -0.3 is 11.1 Å². The number of halogens is 1. The summed E-state index contributed by atoms with van der Waals surface area (Å²) in [6.45, 7) is 1.53. The smallest absolute Gasteiger partial charge is 0.222 e. The molecule has 0 unspecified atom stereocenters. The van der Waals surface area contributed by atoms with E-state index in [1.54, 1.807) is 0 Å². The van der Waals surface area contributed by atoms with Gasteiger partial charge in [-0.05, 0) is 19.4 Å². The third-order valence-electron chi connectivity index (χ3n) is 1.78. The molecule has 0 aromatic carbocycles. The summed E-state index contributed by atoms with van der Waals surface area (Å²) in [6, 6.07) is 0. The SMILES string of the molecule is NCCCCCNc1ncc(F)cn1. The van der Waals surface area contributed by atoms with Crippen LogP contribution in [0.3, 0.4) is 0 Å². The fourth-order valence-corrected chi connectivity index (χ4v) is 1.05. The number of aromatic nitrogens is 2. The lowest BCUT2D eigenvalue weighted by Crippen LogP contribution is -2.06. The fourth-order valence-electron chi connectivity index (χ4n) is 1.05. The van der Waals surface area contributed by atoms with E-state index < -0.39 is 5.82 Å². The summed E-state index contributed by atoms with van der Waals surface area (Å²) < 4.78 is 12.4. The molecule has 3 N–H and O–H groups in total. The van der Waals surface area contributed by atoms with Gasteiger partial charge in [-0.1, -0.05) is 6.42 Å². The molecule has 4 nitrogen and oxygen atoms in total. The maximum Gasteiger partial charge on any atom is 0.222 e. The summed E-state index contributed by atoms with van der Waals surface area (Å²) in [6.07, 6.45) is 5.44. The molecule has 0 aliphatic rings. The first-order chi connectivity index (χ1) is 6.83. The number of anilines is 1. The summed E-state index contributed by atoms with van der Waals surface area (Å²) >= 11 is 0. The molecule has 0 saturated heterocycles. The van der Waals surface area contributed by atoms with Crippen LogP contribution in [0.2, 0.25) is 0 Å². The summed E-state index contributed by atoms with van der Waals surface area (Å²) in [4.78, 5) is 7.55. The maximum absolute atomic E-state index is 12.4. The molecule has 0 amide bonds. The maximum atomic E-state index is 12.4. The van der Waals surface area contributed by atoms with Crippen molar-refractivity contribution in [1.29, 1.82) is 0 Å².